The summed E-state index contributed by atoms with van der Waals surface area (Å²) >= 11 is 0. The largest absolute Gasteiger partial charge is 0.303 e. The molecule has 3 rings (SSSR count). The second-order valence-corrected chi connectivity index (χ2v) is 4.56. The first-order chi connectivity index (χ1) is 7.25. The predicted octanol–water partition coefficient (Wildman–Crippen LogP) is 2.83. The minimum atomic E-state index is 1.12. The van der Waals surface area contributed by atoms with Gasteiger partial charge in [0.25, 0.3) is 0 Å². The van der Waals surface area contributed by atoms with E-state index in [1.807, 2.05) is 0 Å². The molecule has 0 atom stereocenters. The minimum absolute atomic E-state index is 1.12. The molecule has 0 unspecified atom stereocenters. The standard InChI is InChI=1S/C13H16N2/c1-9-7-10(2)15-12-6-4-3-5-11(12)8-13(15)14-9/h7-8H,3-6H2,1-2H3. The van der Waals surface area contributed by atoms with Crippen molar-refractivity contribution in [2.45, 2.75) is 39.5 Å². The van der Waals surface area contributed by atoms with Crippen LogP contribution in [0.4, 0.5) is 0 Å². The molecule has 15 heavy (non-hydrogen) atoms. The third-order valence-electron chi connectivity index (χ3n) is 3.34. The zero-order valence-corrected chi connectivity index (χ0v) is 9.38. The van der Waals surface area contributed by atoms with E-state index in [1.165, 1.54) is 42.6 Å². The van der Waals surface area contributed by atoms with Gasteiger partial charge in [0.2, 0.25) is 0 Å². The van der Waals surface area contributed by atoms with Crippen LogP contribution in [0.3, 0.4) is 0 Å². The smallest absolute Gasteiger partial charge is 0.137 e. The Morgan fingerprint density at radius 2 is 1.93 bits per heavy atom. The molecule has 0 saturated heterocycles. The average Bonchev–Trinajstić information content (AvgIpc) is 2.54. The molecule has 0 spiro atoms. The molecule has 0 N–H and O–H groups in total. The minimum Gasteiger partial charge on any atom is -0.303 e. The van der Waals surface area contributed by atoms with Crippen molar-refractivity contribution in [1.82, 2.24) is 9.38 Å². The van der Waals surface area contributed by atoms with Crippen LogP contribution in [0.1, 0.15) is 35.5 Å². The van der Waals surface area contributed by atoms with E-state index < -0.39 is 0 Å². The summed E-state index contributed by atoms with van der Waals surface area (Å²) in [6, 6.07) is 4.44. The van der Waals surface area contributed by atoms with Crippen molar-refractivity contribution in [2.24, 2.45) is 0 Å². The molecule has 2 heterocycles. The maximum atomic E-state index is 4.60. The van der Waals surface area contributed by atoms with Gasteiger partial charge in [-0.25, -0.2) is 4.98 Å². The Morgan fingerprint density at radius 1 is 1.13 bits per heavy atom. The lowest BCUT2D eigenvalue weighted by atomic mass is 9.98. The lowest BCUT2D eigenvalue weighted by molar-refractivity contribution is 0.666. The summed E-state index contributed by atoms with van der Waals surface area (Å²) in [6.07, 6.45) is 5.11. The Hall–Kier alpha value is -1.31. The van der Waals surface area contributed by atoms with Gasteiger partial charge in [-0.1, -0.05) is 0 Å². The number of hydrogen-bond donors (Lipinski definition) is 0. The third-order valence-corrected chi connectivity index (χ3v) is 3.34. The van der Waals surface area contributed by atoms with E-state index in [0.29, 0.717) is 0 Å². The van der Waals surface area contributed by atoms with Crippen molar-refractivity contribution in [1.29, 1.82) is 0 Å². The van der Waals surface area contributed by atoms with Gasteiger partial charge in [0.1, 0.15) is 5.65 Å². The Balaban J connectivity index is 2.37. The fourth-order valence-electron chi connectivity index (χ4n) is 2.74. The molecule has 2 nitrogen and oxygen atoms in total. The van der Waals surface area contributed by atoms with Gasteiger partial charge in [0.15, 0.2) is 0 Å². The number of fused-ring (bicyclic) bond motifs is 3. The summed E-state index contributed by atoms with van der Waals surface area (Å²) in [6.45, 7) is 4.25. The molecule has 0 amide bonds. The molecular weight excluding hydrogens is 184 g/mol. The average molecular weight is 200 g/mol. The zero-order valence-electron chi connectivity index (χ0n) is 9.38. The molecule has 2 aromatic rings. The predicted molar refractivity (Wildman–Crippen MR) is 61.3 cm³/mol. The van der Waals surface area contributed by atoms with Gasteiger partial charge >= 0.3 is 0 Å². The van der Waals surface area contributed by atoms with Crippen LogP contribution in [0.25, 0.3) is 5.65 Å². The van der Waals surface area contributed by atoms with Gasteiger partial charge in [-0.2, -0.15) is 0 Å². The van der Waals surface area contributed by atoms with Crippen molar-refractivity contribution >= 4 is 5.65 Å². The van der Waals surface area contributed by atoms with Crippen molar-refractivity contribution < 1.29 is 0 Å². The van der Waals surface area contributed by atoms with Crippen LogP contribution < -0.4 is 0 Å². The highest BCUT2D eigenvalue weighted by Gasteiger charge is 2.15. The van der Waals surface area contributed by atoms with Gasteiger partial charge in [-0.3, -0.25) is 0 Å². The van der Waals surface area contributed by atoms with E-state index in [9.17, 15) is 0 Å². The van der Waals surface area contributed by atoms with Gasteiger partial charge in [0, 0.05) is 17.1 Å². The highest BCUT2D eigenvalue weighted by Crippen LogP contribution is 2.25. The molecule has 2 aromatic heterocycles. The van der Waals surface area contributed by atoms with Gasteiger partial charge in [-0.15, -0.1) is 0 Å². The molecule has 0 saturated carbocycles. The summed E-state index contributed by atoms with van der Waals surface area (Å²) in [5.74, 6) is 0. The van der Waals surface area contributed by atoms with Crippen LogP contribution in [-0.4, -0.2) is 9.38 Å². The van der Waals surface area contributed by atoms with Gasteiger partial charge < -0.3 is 4.40 Å². The molecule has 0 radical (unpaired) electrons. The highest BCUT2D eigenvalue weighted by molar-refractivity contribution is 5.50. The lowest BCUT2D eigenvalue weighted by Crippen LogP contribution is -2.05. The van der Waals surface area contributed by atoms with E-state index in [0.717, 1.165) is 11.3 Å². The van der Waals surface area contributed by atoms with Gasteiger partial charge in [0.05, 0.1) is 0 Å². The van der Waals surface area contributed by atoms with Crippen LogP contribution in [0.5, 0.6) is 0 Å². The molecular formula is C13H16N2. The van der Waals surface area contributed by atoms with Crippen LogP contribution in [0.15, 0.2) is 12.1 Å². The quantitative estimate of drug-likeness (QED) is 0.639. The van der Waals surface area contributed by atoms with Crippen molar-refractivity contribution in [3.8, 4) is 0 Å². The molecule has 0 aliphatic heterocycles. The van der Waals surface area contributed by atoms with Crippen LogP contribution in [-0.2, 0) is 12.8 Å². The maximum absolute atomic E-state index is 4.60. The van der Waals surface area contributed by atoms with Crippen LogP contribution >= 0.6 is 0 Å². The SMILES string of the molecule is Cc1cc(C)n2c3c(cc2n1)CCCC3. The first-order valence-corrected chi connectivity index (χ1v) is 5.73. The Kier molecular flexibility index (Phi) is 1.84. The maximum Gasteiger partial charge on any atom is 0.137 e. The number of aryl methyl sites for hydroxylation is 4. The molecule has 0 fully saturated rings. The Morgan fingerprint density at radius 3 is 2.80 bits per heavy atom. The first kappa shape index (κ1) is 8.96. The summed E-state index contributed by atoms with van der Waals surface area (Å²) < 4.78 is 2.33. The first-order valence-electron chi connectivity index (χ1n) is 5.73. The molecule has 0 aromatic carbocycles. The molecule has 0 bridgehead atoms. The van der Waals surface area contributed by atoms with Crippen LogP contribution in [0.2, 0.25) is 0 Å². The Labute approximate surface area is 90.0 Å². The number of rotatable bonds is 0. The van der Waals surface area contributed by atoms with Crippen LogP contribution in [0, 0.1) is 13.8 Å². The van der Waals surface area contributed by atoms with Crippen molar-refractivity contribution in [3.05, 3.63) is 34.8 Å². The molecule has 1 aliphatic rings. The topological polar surface area (TPSA) is 17.3 Å². The monoisotopic (exact) mass is 200 g/mol. The second kappa shape index (κ2) is 3.09. The van der Waals surface area contributed by atoms with E-state index in [1.54, 1.807) is 0 Å². The van der Waals surface area contributed by atoms with E-state index >= 15 is 0 Å². The molecule has 1 aliphatic carbocycles. The Bertz CT molecular complexity index is 523. The zero-order chi connectivity index (χ0) is 10.4. The van der Waals surface area contributed by atoms with Gasteiger partial charge in [-0.05, 0) is 57.2 Å². The summed E-state index contributed by atoms with van der Waals surface area (Å²) in [7, 11) is 0. The highest BCUT2D eigenvalue weighted by atomic mass is 15.0. The summed E-state index contributed by atoms with van der Waals surface area (Å²) in [5.41, 5.74) is 6.60. The van der Waals surface area contributed by atoms with Crippen molar-refractivity contribution in [2.75, 3.05) is 0 Å². The normalized spacial score (nSPS) is 15.6. The van der Waals surface area contributed by atoms with E-state index in [-0.39, 0.29) is 0 Å². The number of aromatic nitrogens is 2. The fourth-order valence-corrected chi connectivity index (χ4v) is 2.74. The molecule has 78 valence electrons. The number of hydrogen-bond acceptors (Lipinski definition) is 1. The second-order valence-electron chi connectivity index (χ2n) is 4.56. The third kappa shape index (κ3) is 1.28. The molecule has 2 heteroatoms. The van der Waals surface area contributed by atoms with Crippen molar-refractivity contribution in [3.63, 3.8) is 0 Å². The fraction of sp³-hybridized carbons (Fsp3) is 0.462. The van der Waals surface area contributed by atoms with E-state index in [2.05, 4.69) is 35.4 Å². The summed E-state index contributed by atoms with van der Waals surface area (Å²) in [4.78, 5) is 4.60. The number of nitrogens with zero attached hydrogens (tertiary/aromatic N) is 2. The lowest BCUT2D eigenvalue weighted by Gasteiger charge is -2.13. The van der Waals surface area contributed by atoms with E-state index in [4.69, 9.17) is 0 Å². The summed E-state index contributed by atoms with van der Waals surface area (Å²) in [5, 5.41) is 0.